The predicted molar refractivity (Wildman–Crippen MR) is 131 cm³/mol. The summed E-state index contributed by atoms with van der Waals surface area (Å²) in [5.41, 5.74) is 7.85. The number of nitrogens with two attached hydrogens (primary N) is 1. The maximum Gasteiger partial charge on any atom is 0.404 e. The van der Waals surface area contributed by atoms with Crippen LogP contribution in [0.25, 0.3) is 10.8 Å². The minimum absolute atomic E-state index is 0.127. The molecule has 8 nitrogen and oxygen atoms in total. The molecular weight excluding hydrogens is 418 g/mol. The van der Waals surface area contributed by atoms with Crippen molar-refractivity contribution >= 4 is 28.4 Å². The van der Waals surface area contributed by atoms with Crippen molar-refractivity contribution in [3.8, 4) is 5.88 Å². The van der Waals surface area contributed by atoms with Crippen LogP contribution < -0.4 is 20.7 Å². The van der Waals surface area contributed by atoms with Crippen LogP contribution in [0.4, 0.5) is 16.3 Å². The van der Waals surface area contributed by atoms with Gasteiger partial charge < -0.3 is 25.8 Å². The molecule has 4 rings (SSSR count). The molecule has 2 aromatic carbocycles. The second-order valence-corrected chi connectivity index (χ2v) is 8.24. The van der Waals surface area contributed by atoms with Gasteiger partial charge in [-0.05, 0) is 36.9 Å². The van der Waals surface area contributed by atoms with Gasteiger partial charge in [0, 0.05) is 55.4 Å². The molecule has 1 aliphatic rings. The van der Waals surface area contributed by atoms with E-state index in [2.05, 4.69) is 62.6 Å². The summed E-state index contributed by atoms with van der Waals surface area (Å²) < 4.78 is 5.72. The molecule has 1 amide bonds. The molecule has 0 aliphatic carbocycles. The fraction of sp³-hybridized carbons (Fsp3) is 0.360. The standard InChI is InChI=1S/C25H31N5O3/c26-24-20(18-27-25(31)32)10-11-23(28-24)33-17-4-3-12-29-13-15-30(16-14-29)22-9-5-7-19-6-1-2-8-21(19)22/h1-2,5-11,27H,3-4,12-18H2,(H2,26,28)(H,31,32). The number of rotatable bonds is 9. The summed E-state index contributed by atoms with van der Waals surface area (Å²) >= 11 is 0. The minimum atomic E-state index is -1.09. The summed E-state index contributed by atoms with van der Waals surface area (Å²) in [6.07, 6.45) is 0.905. The second-order valence-electron chi connectivity index (χ2n) is 8.24. The third-order valence-electron chi connectivity index (χ3n) is 6.02. The van der Waals surface area contributed by atoms with Crippen LogP contribution in [0.15, 0.2) is 54.6 Å². The summed E-state index contributed by atoms with van der Waals surface area (Å²) in [7, 11) is 0. The van der Waals surface area contributed by atoms with Gasteiger partial charge in [0.15, 0.2) is 0 Å². The van der Waals surface area contributed by atoms with E-state index >= 15 is 0 Å². The lowest BCUT2D eigenvalue weighted by Crippen LogP contribution is -2.46. The Morgan fingerprint density at radius 2 is 1.82 bits per heavy atom. The lowest BCUT2D eigenvalue weighted by atomic mass is 10.1. The topological polar surface area (TPSA) is 104 Å². The number of ether oxygens (including phenoxy) is 1. The SMILES string of the molecule is Nc1nc(OCCCCN2CCN(c3cccc4ccccc34)CC2)ccc1CNC(=O)O. The van der Waals surface area contributed by atoms with Gasteiger partial charge in [-0.25, -0.2) is 4.79 Å². The first kappa shape index (κ1) is 22.7. The number of nitrogens with zero attached hydrogens (tertiary/aromatic N) is 3. The van der Waals surface area contributed by atoms with Gasteiger partial charge >= 0.3 is 6.09 Å². The highest BCUT2D eigenvalue weighted by atomic mass is 16.5. The summed E-state index contributed by atoms with van der Waals surface area (Å²) in [5, 5.41) is 13.6. The number of benzene rings is 2. The lowest BCUT2D eigenvalue weighted by Gasteiger charge is -2.36. The molecule has 8 heteroatoms. The number of fused-ring (bicyclic) bond motifs is 1. The van der Waals surface area contributed by atoms with Crippen LogP contribution in [0.3, 0.4) is 0 Å². The number of nitrogen functional groups attached to an aromatic ring is 1. The summed E-state index contributed by atoms with van der Waals surface area (Å²) in [5.74, 6) is 0.751. The third kappa shape index (κ3) is 6.04. The maximum atomic E-state index is 10.6. The molecule has 0 saturated carbocycles. The third-order valence-corrected chi connectivity index (χ3v) is 6.02. The monoisotopic (exact) mass is 449 g/mol. The Balaban J connectivity index is 1.16. The van der Waals surface area contributed by atoms with Gasteiger partial charge in [-0.2, -0.15) is 4.98 Å². The lowest BCUT2D eigenvalue weighted by molar-refractivity contribution is 0.194. The van der Waals surface area contributed by atoms with Crippen LogP contribution in [-0.2, 0) is 6.54 Å². The molecular formula is C25H31N5O3. The van der Waals surface area contributed by atoms with E-state index in [0.717, 1.165) is 45.6 Å². The molecule has 174 valence electrons. The van der Waals surface area contributed by atoms with Gasteiger partial charge in [-0.15, -0.1) is 0 Å². The van der Waals surface area contributed by atoms with E-state index in [9.17, 15) is 4.79 Å². The average Bonchev–Trinajstić information content (AvgIpc) is 2.83. The molecule has 0 spiro atoms. The van der Waals surface area contributed by atoms with Gasteiger partial charge in [-0.1, -0.05) is 36.4 Å². The molecule has 0 radical (unpaired) electrons. The first-order chi connectivity index (χ1) is 16.1. The Hall–Kier alpha value is -3.52. The van der Waals surface area contributed by atoms with Crippen molar-refractivity contribution in [3.63, 3.8) is 0 Å². The maximum absolute atomic E-state index is 10.6. The molecule has 33 heavy (non-hydrogen) atoms. The van der Waals surface area contributed by atoms with Gasteiger partial charge in [0.25, 0.3) is 0 Å². The van der Waals surface area contributed by atoms with Gasteiger partial charge in [-0.3, -0.25) is 4.90 Å². The van der Waals surface area contributed by atoms with E-state index < -0.39 is 6.09 Å². The Morgan fingerprint density at radius 3 is 2.61 bits per heavy atom. The van der Waals surface area contributed by atoms with E-state index in [0.29, 0.717) is 18.1 Å². The fourth-order valence-corrected chi connectivity index (χ4v) is 4.20. The van der Waals surface area contributed by atoms with Crippen LogP contribution in [-0.4, -0.2) is 60.4 Å². The van der Waals surface area contributed by atoms with Crippen LogP contribution in [0.2, 0.25) is 0 Å². The Morgan fingerprint density at radius 1 is 1.03 bits per heavy atom. The zero-order valence-corrected chi connectivity index (χ0v) is 18.7. The van der Waals surface area contributed by atoms with Crippen molar-refractivity contribution in [2.45, 2.75) is 19.4 Å². The number of pyridine rings is 1. The number of piperazine rings is 1. The number of unbranched alkanes of at least 4 members (excludes halogenated alkanes) is 1. The zero-order chi connectivity index (χ0) is 23.0. The molecule has 1 aliphatic heterocycles. The number of anilines is 2. The molecule has 4 N–H and O–H groups in total. The van der Waals surface area contributed by atoms with E-state index in [1.54, 1.807) is 12.1 Å². The van der Waals surface area contributed by atoms with Crippen molar-refractivity contribution in [1.29, 1.82) is 0 Å². The van der Waals surface area contributed by atoms with E-state index in [1.807, 2.05) is 0 Å². The second kappa shape index (κ2) is 10.9. The van der Waals surface area contributed by atoms with Crippen LogP contribution in [0, 0.1) is 0 Å². The average molecular weight is 450 g/mol. The number of carboxylic acid groups (broad SMARTS) is 1. The first-order valence-electron chi connectivity index (χ1n) is 11.4. The van der Waals surface area contributed by atoms with E-state index in [4.69, 9.17) is 15.6 Å². The van der Waals surface area contributed by atoms with Crippen LogP contribution in [0.1, 0.15) is 18.4 Å². The number of carbonyl (C=O) groups is 1. The molecule has 1 saturated heterocycles. The highest BCUT2D eigenvalue weighted by Gasteiger charge is 2.18. The van der Waals surface area contributed by atoms with Gasteiger partial charge in [0.05, 0.1) is 6.61 Å². The Bertz CT molecular complexity index is 1080. The number of hydrogen-bond donors (Lipinski definition) is 3. The first-order valence-corrected chi connectivity index (χ1v) is 11.4. The number of amides is 1. The summed E-state index contributed by atoms with van der Waals surface area (Å²) in [6, 6.07) is 18.6. The highest BCUT2D eigenvalue weighted by Crippen LogP contribution is 2.27. The largest absolute Gasteiger partial charge is 0.478 e. The summed E-state index contributed by atoms with van der Waals surface area (Å²) in [4.78, 5) is 19.8. The Labute approximate surface area is 194 Å². The fourth-order valence-electron chi connectivity index (χ4n) is 4.20. The number of hydrogen-bond acceptors (Lipinski definition) is 6. The van der Waals surface area contributed by atoms with Crippen LogP contribution >= 0.6 is 0 Å². The molecule has 1 fully saturated rings. The number of aromatic nitrogens is 1. The molecule has 0 atom stereocenters. The predicted octanol–water partition coefficient (Wildman–Crippen LogP) is 3.57. The van der Waals surface area contributed by atoms with Crippen molar-refractivity contribution in [1.82, 2.24) is 15.2 Å². The smallest absolute Gasteiger partial charge is 0.404 e. The van der Waals surface area contributed by atoms with Crippen molar-refractivity contribution in [3.05, 3.63) is 60.2 Å². The van der Waals surface area contributed by atoms with E-state index in [-0.39, 0.29) is 12.4 Å². The minimum Gasteiger partial charge on any atom is -0.478 e. The number of nitrogens with one attached hydrogen (secondary N) is 1. The van der Waals surface area contributed by atoms with Crippen molar-refractivity contribution in [2.24, 2.45) is 0 Å². The molecule has 3 aromatic rings. The molecule has 1 aromatic heterocycles. The van der Waals surface area contributed by atoms with Gasteiger partial charge in [0.2, 0.25) is 5.88 Å². The van der Waals surface area contributed by atoms with E-state index in [1.165, 1.54) is 16.5 Å². The highest BCUT2D eigenvalue weighted by molar-refractivity contribution is 5.94. The van der Waals surface area contributed by atoms with Crippen molar-refractivity contribution in [2.75, 3.05) is 50.0 Å². The molecule has 2 heterocycles. The molecule has 0 bridgehead atoms. The Kier molecular flexibility index (Phi) is 7.47. The van der Waals surface area contributed by atoms with Crippen molar-refractivity contribution < 1.29 is 14.6 Å². The zero-order valence-electron chi connectivity index (χ0n) is 18.7. The van der Waals surface area contributed by atoms with Crippen LogP contribution in [0.5, 0.6) is 5.88 Å². The molecule has 0 unspecified atom stereocenters. The quantitative estimate of drug-likeness (QED) is 0.429. The normalized spacial score (nSPS) is 14.4. The summed E-state index contributed by atoms with van der Waals surface area (Å²) in [6.45, 7) is 5.97. The van der Waals surface area contributed by atoms with Gasteiger partial charge in [0.1, 0.15) is 5.82 Å².